The zero-order valence-corrected chi connectivity index (χ0v) is 10.6. The van der Waals surface area contributed by atoms with Crippen molar-refractivity contribution in [3.8, 4) is 0 Å². The maximum atomic E-state index is 4.11. The van der Waals surface area contributed by atoms with Gasteiger partial charge < -0.3 is 5.32 Å². The SMILES string of the molecule is C=C(CC)CN(CC1CCCN1)C(C)C. The summed E-state index contributed by atoms with van der Waals surface area (Å²) in [5, 5.41) is 3.56. The number of hydrogen-bond donors (Lipinski definition) is 1. The van der Waals surface area contributed by atoms with Crippen LogP contribution in [0, 0.1) is 0 Å². The van der Waals surface area contributed by atoms with Gasteiger partial charge in [0.1, 0.15) is 0 Å². The predicted molar refractivity (Wildman–Crippen MR) is 67.2 cm³/mol. The third-order valence-electron chi connectivity index (χ3n) is 3.27. The summed E-state index contributed by atoms with van der Waals surface area (Å²) in [6.07, 6.45) is 3.77. The van der Waals surface area contributed by atoms with Gasteiger partial charge in [-0.2, -0.15) is 0 Å². The molecule has 0 aliphatic carbocycles. The van der Waals surface area contributed by atoms with Gasteiger partial charge in [0.25, 0.3) is 0 Å². The van der Waals surface area contributed by atoms with E-state index in [0.717, 1.165) is 13.0 Å². The first-order valence-electron chi connectivity index (χ1n) is 6.27. The Morgan fingerprint density at radius 2 is 2.27 bits per heavy atom. The van der Waals surface area contributed by atoms with Crippen molar-refractivity contribution in [1.82, 2.24) is 10.2 Å². The van der Waals surface area contributed by atoms with E-state index >= 15 is 0 Å². The fourth-order valence-electron chi connectivity index (χ4n) is 2.05. The van der Waals surface area contributed by atoms with Gasteiger partial charge in [-0.1, -0.05) is 19.1 Å². The van der Waals surface area contributed by atoms with Crippen LogP contribution in [-0.2, 0) is 0 Å². The molecule has 1 unspecified atom stereocenters. The summed E-state index contributed by atoms with van der Waals surface area (Å²) in [6, 6.07) is 1.33. The molecule has 0 aromatic heterocycles. The molecule has 0 saturated carbocycles. The second-order valence-electron chi connectivity index (χ2n) is 4.92. The van der Waals surface area contributed by atoms with Crippen LogP contribution in [-0.4, -0.2) is 36.6 Å². The van der Waals surface area contributed by atoms with Gasteiger partial charge in [-0.3, -0.25) is 4.90 Å². The first kappa shape index (κ1) is 12.7. The molecular weight excluding hydrogens is 184 g/mol. The smallest absolute Gasteiger partial charge is 0.0195 e. The molecule has 0 aromatic rings. The molecule has 0 spiro atoms. The zero-order chi connectivity index (χ0) is 11.3. The Morgan fingerprint density at radius 1 is 1.53 bits per heavy atom. The fourth-order valence-corrected chi connectivity index (χ4v) is 2.05. The first-order chi connectivity index (χ1) is 7.13. The Kier molecular flexibility index (Phi) is 5.34. The highest BCUT2D eigenvalue weighted by molar-refractivity contribution is 4.97. The van der Waals surface area contributed by atoms with Gasteiger partial charge in [0.05, 0.1) is 0 Å². The molecule has 0 amide bonds. The van der Waals surface area contributed by atoms with E-state index in [1.165, 1.54) is 31.5 Å². The van der Waals surface area contributed by atoms with E-state index in [-0.39, 0.29) is 0 Å². The molecule has 1 aliphatic rings. The van der Waals surface area contributed by atoms with Crippen LogP contribution in [0.1, 0.15) is 40.0 Å². The summed E-state index contributed by atoms with van der Waals surface area (Å²) in [5.74, 6) is 0. The average Bonchev–Trinajstić information content (AvgIpc) is 2.69. The molecule has 1 atom stereocenters. The topological polar surface area (TPSA) is 15.3 Å². The van der Waals surface area contributed by atoms with Crippen LogP contribution < -0.4 is 5.32 Å². The van der Waals surface area contributed by atoms with Crippen molar-refractivity contribution in [2.24, 2.45) is 0 Å². The Hall–Kier alpha value is -0.340. The Morgan fingerprint density at radius 3 is 2.73 bits per heavy atom. The van der Waals surface area contributed by atoms with E-state index in [9.17, 15) is 0 Å². The number of nitrogens with zero attached hydrogens (tertiary/aromatic N) is 1. The van der Waals surface area contributed by atoms with Crippen molar-refractivity contribution in [2.75, 3.05) is 19.6 Å². The molecule has 0 radical (unpaired) electrons. The van der Waals surface area contributed by atoms with E-state index in [4.69, 9.17) is 0 Å². The molecule has 1 heterocycles. The van der Waals surface area contributed by atoms with Crippen molar-refractivity contribution < 1.29 is 0 Å². The summed E-state index contributed by atoms with van der Waals surface area (Å²) in [6.45, 7) is 14.3. The van der Waals surface area contributed by atoms with Gasteiger partial charge in [0.15, 0.2) is 0 Å². The minimum absolute atomic E-state index is 0.621. The summed E-state index contributed by atoms with van der Waals surface area (Å²) in [5.41, 5.74) is 1.35. The first-order valence-corrected chi connectivity index (χ1v) is 6.27. The number of rotatable bonds is 6. The maximum absolute atomic E-state index is 4.11. The minimum atomic E-state index is 0.621. The van der Waals surface area contributed by atoms with Gasteiger partial charge >= 0.3 is 0 Å². The number of nitrogens with one attached hydrogen (secondary N) is 1. The Labute approximate surface area is 94.7 Å². The lowest BCUT2D eigenvalue weighted by atomic mass is 10.1. The fraction of sp³-hybridized carbons (Fsp3) is 0.846. The molecular formula is C13H26N2. The van der Waals surface area contributed by atoms with Gasteiger partial charge in [0.2, 0.25) is 0 Å². The van der Waals surface area contributed by atoms with Gasteiger partial charge in [-0.25, -0.2) is 0 Å². The molecule has 1 fully saturated rings. The Balaban J connectivity index is 2.38. The van der Waals surface area contributed by atoms with Gasteiger partial charge in [-0.15, -0.1) is 0 Å². The zero-order valence-electron chi connectivity index (χ0n) is 10.6. The van der Waals surface area contributed by atoms with E-state index in [1.807, 2.05) is 0 Å². The van der Waals surface area contributed by atoms with Crippen LogP contribution in [0.15, 0.2) is 12.2 Å². The van der Waals surface area contributed by atoms with Crippen LogP contribution in [0.2, 0.25) is 0 Å². The second-order valence-corrected chi connectivity index (χ2v) is 4.92. The molecule has 0 bridgehead atoms. The molecule has 2 heteroatoms. The quantitative estimate of drug-likeness (QED) is 0.677. The lowest BCUT2D eigenvalue weighted by Gasteiger charge is -2.29. The highest BCUT2D eigenvalue weighted by atomic mass is 15.2. The molecule has 1 N–H and O–H groups in total. The molecule has 1 rings (SSSR count). The standard InChI is InChI=1S/C13H26N2/c1-5-12(4)9-15(11(2)3)10-13-7-6-8-14-13/h11,13-14H,4-10H2,1-3H3. The number of hydrogen-bond acceptors (Lipinski definition) is 2. The van der Waals surface area contributed by atoms with Crippen molar-refractivity contribution >= 4 is 0 Å². The van der Waals surface area contributed by atoms with Crippen molar-refractivity contribution in [1.29, 1.82) is 0 Å². The van der Waals surface area contributed by atoms with Crippen LogP contribution in [0.5, 0.6) is 0 Å². The largest absolute Gasteiger partial charge is 0.313 e. The molecule has 2 nitrogen and oxygen atoms in total. The molecule has 88 valence electrons. The predicted octanol–water partition coefficient (Wildman–Crippen LogP) is 2.42. The van der Waals surface area contributed by atoms with Crippen molar-refractivity contribution in [2.45, 2.75) is 52.1 Å². The van der Waals surface area contributed by atoms with Gasteiger partial charge in [-0.05, 0) is 39.7 Å². The lowest BCUT2D eigenvalue weighted by Crippen LogP contribution is -2.42. The molecule has 1 saturated heterocycles. The third kappa shape index (κ3) is 4.35. The van der Waals surface area contributed by atoms with E-state index in [2.05, 4.69) is 37.6 Å². The third-order valence-corrected chi connectivity index (χ3v) is 3.27. The van der Waals surface area contributed by atoms with E-state index in [0.29, 0.717) is 12.1 Å². The summed E-state index contributed by atoms with van der Waals surface area (Å²) < 4.78 is 0. The van der Waals surface area contributed by atoms with Crippen LogP contribution >= 0.6 is 0 Å². The lowest BCUT2D eigenvalue weighted by molar-refractivity contribution is 0.218. The average molecular weight is 210 g/mol. The van der Waals surface area contributed by atoms with Crippen LogP contribution in [0.3, 0.4) is 0 Å². The van der Waals surface area contributed by atoms with Crippen LogP contribution in [0.25, 0.3) is 0 Å². The Bertz CT molecular complexity index is 193. The summed E-state index contributed by atoms with van der Waals surface area (Å²) in [4.78, 5) is 2.54. The van der Waals surface area contributed by atoms with E-state index in [1.54, 1.807) is 0 Å². The second kappa shape index (κ2) is 6.29. The highest BCUT2D eigenvalue weighted by Crippen LogP contribution is 2.11. The summed E-state index contributed by atoms with van der Waals surface area (Å²) in [7, 11) is 0. The normalized spacial score (nSPS) is 21.5. The molecule has 15 heavy (non-hydrogen) atoms. The van der Waals surface area contributed by atoms with Gasteiger partial charge in [0, 0.05) is 25.2 Å². The van der Waals surface area contributed by atoms with E-state index < -0.39 is 0 Å². The molecule has 0 aromatic carbocycles. The highest BCUT2D eigenvalue weighted by Gasteiger charge is 2.19. The monoisotopic (exact) mass is 210 g/mol. The van der Waals surface area contributed by atoms with Crippen LogP contribution in [0.4, 0.5) is 0 Å². The maximum Gasteiger partial charge on any atom is 0.0195 e. The van der Waals surface area contributed by atoms with Crippen molar-refractivity contribution in [3.63, 3.8) is 0 Å². The molecule has 1 aliphatic heterocycles. The minimum Gasteiger partial charge on any atom is -0.313 e. The summed E-state index contributed by atoms with van der Waals surface area (Å²) >= 11 is 0. The van der Waals surface area contributed by atoms with Crippen molar-refractivity contribution in [3.05, 3.63) is 12.2 Å².